The number of carbonyl (C=O) groups excluding carboxylic acids is 2. The van der Waals surface area contributed by atoms with Gasteiger partial charge in [-0.05, 0) is 30.3 Å². The van der Waals surface area contributed by atoms with E-state index in [4.69, 9.17) is 27.9 Å². The Balaban J connectivity index is 1.85. The second-order valence-corrected chi connectivity index (χ2v) is 6.06. The fourth-order valence-electron chi connectivity index (χ4n) is 2.17. The van der Waals surface area contributed by atoms with Crippen molar-refractivity contribution in [2.24, 2.45) is 0 Å². The van der Waals surface area contributed by atoms with Gasteiger partial charge < -0.3 is 15.0 Å². The van der Waals surface area contributed by atoms with Gasteiger partial charge in [-0.25, -0.2) is 0 Å². The van der Waals surface area contributed by atoms with Crippen LogP contribution in [0.25, 0.3) is 0 Å². The molecule has 132 valence electrons. The summed E-state index contributed by atoms with van der Waals surface area (Å²) in [6.07, 6.45) is 0. The van der Waals surface area contributed by atoms with E-state index in [9.17, 15) is 9.59 Å². The van der Waals surface area contributed by atoms with Crippen molar-refractivity contribution >= 4 is 40.7 Å². The second kappa shape index (κ2) is 9.30. The van der Waals surface area contributed by atoms with E-state index in [2.05, 4.69) is 5.32 Å². The minimum absolute atomic E-state index is 0.0915. The molecule has 0 saturated heterocycles. The zero-order valence-corrected chi connectivity index (χ0v) is 15.2. The number of rotatable bonds is 7. The first-order valence-electron chi connectivity index (χ1n) is 7.65. The molecule has 0 heterocycles. The summed E-state index contributed by atoms with van der Waals surface area (Å²) in [6, 6.07) is 14.0. The molecule has 0 spiro atoms. The molecule has 0 aliphatic carbocycles. The Morgan fingerprint density at radius 2 is 1.84 bits per heavy atom. The van der Waals surface area contributed by atoms with Gasteiger partial charge in [0, 0.05) is 25.0 Å². The van der Waals surface area contributed by atoms with Crippen molar-refractivity contribution in [1.29, 1.82) is 0 Å². The van der Waals surface area contributed by atoms with Crippen molar-refractivity contribution in [2.75, 3.05) is 24.6 Å². The van der Waals surface area contributed by atoms with Gasteiger partial charge in [0.1, 0.15) is 5.75 Å². The summed E-state index contributed by atoms with van der Waals surface area (Å²) in [5, 5.41) is 3.58. The largest absolute Gasteiger partial charge is 0.484 e. The maximum atomic E-state index is 11.9. The van der Waals surface area contributed by atoms with Gasteiger partial charge in [0.2, 0.25) is 5.91 Å². The molecule has 1 N–H and O–H groups in total. The third kappa shape index (κ3) is 5.96. The van der Waals surface area contributed by atoms with Crippen molar-refractivity contribution in [3.63, 3.8) is 0 Å². The van der Waals surface area contributed by atoms with Crippen LogP contribution in [0.2, 0.25) is 10.0 Å². The Kier molecular flexibility index (Phi) is 7.10. The number of benzene rings is 2. The van der Waals surface area contributed by atoms with Crippen molar-refractivity contribution in [1.82, 2.24) is 5.32 Å². The number of hydrogen-bond acceptors (Lipinski definition) is 3. The summed E-state index contributed by atoms with van der Waals surface area (Å²) < 4.78 is 5.36. The molecule has 0 aromatic heterocycles. The van der Waals surface area contributed by atoms with Crippen LogP contribution in [0.5, 0.6) is 5.75 Å². The van der Waals surface area contributed by atoms with Crippen LogP contribution in [-0.2, 0) is 9.59 Å². The maximum absolute atomic E-state index is 11.9. The molecule has 0 radical (unpaired) electrons. The van der Waals surface area contributed by atoms with Crippen LogP contribution in [0, 0.1) is 0 Å². The third-order valence-corrected chi connectivity index (χ3v) is 3.89. The van der Waals surface area contributed by atoms with Crippen molar-refractivity contribution in [3.05, 3.63) is 58.6 Å². The molecule has 0 unspecified atom stereocenters. The molecule has 2 aromatic rings. The van der Waals surface area contributed by atoms with Gasteiger partial charge in [-0.1, -0.05) is 41.4 Å². The highest BCUT2D eigenvalue weighted by Gasteiger charge is 2.15. The zero-order chi connectivity index (χ0) is 18.2. The summed E-state index contributed by atoms with van der Waals surface area (Å²) in [6.45, 7) is 1.90. The summed E-state index contributed by atoms with van der Waals surface area (Å²) in [4.78, 5) is 25.2. The molecular weight excluding hydrogens is 363 g/mol. The highest BCUT2D eigenvalue weighted by molar-refractivity contribution is 6.36. The van der Waals surface area contributed by atoms with E-state index in [-0.39, 0.29) is 31.5 Å². The van der Waals surface area contributed by atoms with Crippen LogP contribution < -0.4 is 15.0 Å². The summed E-state index contributed by atoms with van der Waals surface area (Å²) in [7, 11) is 0. The Morgan fingerprint density at radius 3 is 2.48 bits per heavy atom. The second-order valence-electron chi connectivity index (χ2n) is 5.22. The van der Waals surface area contributed by atoms with Gasteiger partial charge in [0.05, 0.1) is 10.7 Å². The van der Waals surface area contributed by atoms with Crippen LogP contribution in [-0.4, -0.2) is 31.5 Å². The normalized spacial score (nSPS) is 10.2. The highest BCUT2D eigenvalue weighted by Crippen LogP contribution is 2.28. The first-order chi connectivity index (χ1) is 12.0. The molecule has 0 atom stereocenters. The Hall–Kier alpha value is -2.24. The van der Waals surface area contributed by atoms with E-state index < -0.39 is 0 Å². The van der Waals surface area contributed by atoms with Gasteiger partial charge in [0.25, 0.3) is 5.91 Å². The average Bonchev–Trinajstić information content (AvgIpc) is 2.58. The Labute approximate surface area is 156 Å². The van der Waals surface area contributed by atoms with E-state index in [0.717, 1.165) is 0 Å². The van der Waals surface area contributed by atoms with Gasteiger partial charge in [0.15, 0.2) is 6.61 Å². The summed E-state index contributed by atoms with van der Waals surface area (Å²) in [5.74, 6) is 0.171. The number of carbonyl (C=O) groups is 2. The predicted molar refractivity (Wildman–Crippen MR) is 99.4 cm³/mol. The van der Waals surface area contributed by atoms with E-state index in [1.807, 2.05) is 18.2 Å². The van der Waals surface area contributed by atoms with Gasteiger partial charge in [-0.15, -0.1) is 0 Å². The molecule has 0 bridgehead atoms. The number of nitrogens with zero attached hydrogens (tertiary/aromatic N) is 1. The van der Waals surface area contributed by atoms with Crippen molar-refractivity contribution in [2.45, 2.75) is 6.92 Å². The van der Waals surface area contributed by atoms with Gasteiger partial charge in [-0.2, -0.15) is 0 Å². The zero-order valence-electron chi connectivity index (χ0n) is 13.7. The van der Waals surface area contributed by atoms with Crippen LogP contribution in [0.4, 0.5) is 5.69 Å². The highest BCUT2D eigenvalue weighted by atomic mass is 35.5. The van der Waals surface area contributed by atoms with Crippen LogP contribution >= 0.6 is 23.2 Å². The SMILES string of the molecule is CC(=O)N(CCNC(=O)COc1ccccc1)c1ccc(Cl)cc1Cl. The monoisotopic (exact) mass is 380 g/mol. The summed E-state index contributed by atoms with van der Waals surface area (Å²) >= 11 is 12.0. The van der Waals surface area contributed by atoms with E-state index >= 15 is 0 Å². The predicted octanol–water partition coefficient (Wildman–Crippen LogP) is 3.54. The Bertz CT molecular complexity index is 738. The lowest BCUT2D eigenvalue weighted by atomic mass is 10.2. The number of nitrogens with one attached hydrogen (secondary N) is 1. The lowest BCUT2D eigenvalue weighted by Crippen LogP contribution is -2.39. The number of anilines is 1. The minimum atomic E-state index is -0.269. The molecule has 2 amide bonds. The van der Waals surface area contributed by atoms with Crippen LogP contribution in [0.15, 0.2) is 48.5 Å². The molecule has 25 heavy (non-hydrogen) atoms. The lowest BCUT2D eigenvalue weighted by molar-refractivity contribution is -0.123. The molecule has 0 aliphatic rings. The molecule has 0 saturated carbocycles. The first kappa shape index (κ1) is 19.1. The third-order valence-electron chi connectivity index (χ3n) is 3.35. The molecule has 5 nitrogen and oxygen atoms in total. The van der Waals surface area contributed by atoms with Crippen LogP contribution in [0.3, 0.4) is 0 Å². The van der Waals surface area contributed by atoms with E-state index in [1.54, 1.807) is 30.3 Å². The number of amides is 2. The van der Waals surface area contributed by atoms with Gasteiger partial charge in [-0.3, -0.25) is 9.59 Å². The van der Waals surface area contributed by atoms with Crippen LogP contribution in [0.1, 0.15) is 6.92 Å². The molecule has 2 aromatic carbocycles. The average molecular weight is 381 g/mol. The molecule has 7 heteroatoms. The minimum Gasteiger partial charge on any atom is -0.484 e. The summed E-state index contributed by atoms with van der Waals surface area (Å²) in [5.41, 5.74) is 0.549. The van der Waals surface area contributed by atoms with Crippen molar-refractivity contribution in [3.8, 4) is 5.75 Å². The van der Waals surface area contributed by atoms with Crippen molar-refractivity contribution < 1.29 is 14.3 Å². The number of para-hydroxylation sites is 1. The molecular formula is C18H18Cl2N2O3. The molecule has 2 rings (SSSR count). The number of halogens is 2. The molecule has 0 aliphatic heterocycles. The topological polar surface area (TPSA) is 58.6 Å². The number of ether oxygens (including phenoxy) is 1. The standard InChI is InChI=1S/C18H18Cl2N2O3/c1-13(23)22(17-8-7-14(19)11-16(17)20)10-9-21-18(24)12-25-15-5-3-2-4-6-15/h2-8,11H,9-10,12H2,1H3,(H,21,24). The lowest BCUT2D eigenvalue weighted by Gasteiger charge is -2.22. The maximum Gasteiger partial charge on any atom is 0.258 e. The van der Waals surface area contributed by atoms with E-state index in [0.29, 0.717) is 21.5 Å². The first-order valence-corrected chi connectivity index (χ1v) is 8.40. The quantitative estimate of drug-likeness (QED) is 0.798. The van der Waals surface area contributed by atoms with Gasteiger partial charge >= 0.3 is 0 Å². The van der Waals surface area contributed by atoms with E-state index in [1.165, 1.54) is 11.8 Å². The smallest absolute Gasteiger partial charge is 0.258 e. The molecule has 0 fully saturated rings. The number of hydrogen-bond donors (Lipinski definition) is 1. The fourth-order valence-corrected chi connectivity index (χ4v) is 2.68. The fraction of sp³-hybridized carbons (Fsp3) is 0.222. The Morgan fingerprint density at radius 1 is 1.12 bits per heavy atom.